The molecule has 3 nitrogen and oxygen atoms in total. The smallest absolute Gasteiger partial charge is 0.118 e. The summed E-state index contributed by atoms with van der Waals surface area (Å²) in [6, 6.07) is 4.97. The summed E-state index contributed by atoms with van der Waals surface area (Å²) in [6.07, 6.45) is 8.27. The van der Waals surface area contributed by atoms with Gasteiger partial charge in [-0.15, -0.1) is 0 Å². The van der Waals surface area contributed by atoms with Crippen LogP contribution in [0, 0.1) is 0 Å². The molecule has 1 fully saturated rings. The fraction of sp³-hybridized carbons (Fsp3) is 0.778. The number of rotatable bonds is 5. The van der Waals surface area contributed by atoms with Crippen LogP contribution in [0.15, 0.2) is 16.5 Å². The van der Waals surface area contributed by atoms with Gasteiger partial charge >= 0.3 is 0 Å². The second kappa shape index (κ2) is 7.46. The zero-order valence-electron chi connectivity index (χ0n) is 14.2. The maximum atomic E-state index is 5.97. The first kappa shape index (κ1) is 16.6. The summed E-state index contributed by atoms with van der Waals surface area (Å²) in [7, 11) is 2.24. The average molecular weight is 292 g/mol. The predicted molar refractivity (Wildman–Crippen MR) is 88.3 cm³/mol. The molecule has 0 radical (unpaired) electrons. The molecule has 0 spiro atoms. The molecule has 0 saturated heterocycles. The second-order valence-corrected chi connectivity index (χ2v) is 7.53. The average Bonchev–Trinajstić information content (AvgIpc) is 2.68. The van der Waals surface area contributed by atoms with Gasteiger partial charge < -0.3 is 9.73 Å². The number of nitrogens with one attached hydrogen (secondary N) is 1. The summed E-state index contributed by atoms with van der Waals surface area (Å²) in [4.78, 5) is 2.48. The van der Waals surface area contributed by atoms with E-state index in [1.54, 1.807) is 0 Å². The van der Waals surface area contributed by atoms with E-state index >= 15 is 0 Å². The lowest BCUT2D eigenvalue weighted by atomic mass is 10.1. The van der Waals surface area contributed by atoms with Crippen LogP contribution in [0.5, 0.6) is 0 Å². The highest BCUT2D eigenvalue weighted by molar-refractivity contribution is 5.07. The normalized spacial score (nSPS) is 18.1. The van der Waals surface area contributed by atoms with Crippen molar-refractivity contribution in [2.24, 2.45) is 0 Å². The first-order valence-corrected chi connectivity index (χ1v) is 8.47. The minimum atomic E-state index is 0.129. The largest absolute Gasteiger partial charge is 0.463 e. The lowest BCUT2D eigenvalue weighted by Crippen LogP contribution is -2.34. The van der Waals surface area contributed by atoms with Gasteiger partial charge in [0.1, 0.15) is 11.5 Å². The predicted octanol–water partition coefficient (Wildman–Crippen LogP) is 4.32. The van der Waals surface area contributed by atoms with Crippen LogP contribution < -0.4 is 5.32 Å². The van der Waals surface area contributed by atoms with E-state index in [1.165, 1.54) is 38.5 Å². The van der Waals surface area contributed by atoms with Gasteiger partial charge in [0.05, 0.1) is 13.1 Å². The third-order valence-corrected chi connectivity index (χ3v) is 4.36. The molecule has 0 amide bonds. The van der Waals surface area contributed by atoms with Crippen LogP contribution in [0.3, 0.4) is 0 Å². The molecule has 0 aliphatic heterocycles. The van der Waals surface area contributed by atoms with Crippen molar-refractivity contribution >= 4 is 0 Å². The SMILES string of the molecule is CN(Cc1ccc(CNC(C)(C)C)o1)C1CCCCCC1. The van der Waals surface area contributed by atoms with E-state index in [1.807, 2.05) is 0 Å². The van der Waals surface area contributed by atoms with Gasteiger partial charge in [-0.3, -0.25) is 4.90 Å². The summed E-state index contributed by atoms with van der Waals surface area (Å²) >= 11 is 0. The molecule has 3 heteroatoms. The molecule has 0 atom stereocenters. The Kier molecular flexibility index (Phi) is 5.88. The van der Waals surface area contributed by atoms with E-state index in [9.17, 15) is 0 Å². The van der Waals surface area contributed by atoms with Crippen LogP contribution in [0.1, 0.15) is 70.8 Å². The number of hydrogen-bond acceptors (Lipinski definition) is 3. The van der Waals surface area contributed by atoms with Crippen molar-refractivity contribution in [3.05, 3.63) is 23.7 Å². The van der Waals surface area contributed by atoms with E-state index in [0.29, 0.717) is 0 Å². The summed E-state index contributed by atoms with van der Waals surface area (Å²) in [6.45, 7) is 8.26. The van der Waals surface area contributed by atoms with E-state index in [-0.39, 0.29) is 5.54 Å². The molecule has 1 N–H and O–H groups in total. The molecule has 2 rings (SSSR count). The van der Waals surface area contributed by atoms with E-state index in [0.717, 1.165) is 30.7 Å². The Morgan fingerprint density at radius 2 is 1.71 bits per heavy atom. The minimum Gasteiger partial charge on any atom is -0.463 e. The molecule has 0 unspecified atom stereocenters. The van der Waals surface area contributed by atoms with Crippen LogP contribution in [-0.2, 0) is 13.1 Å². The first-order chi connectivity index (χ1) is 9.94. The quantitative estimate of drug-likeness (QED) is 0.819. The van der Waals surface area contributed by atoms with Crippen molar-refractivity contribution in [2.75, 3.05) is 7.05 Å². The van der Waals surface area contributed by atoms with Gasteiger partial charge in [-0.1, -0.05) is 25.7 Å². The molecular formula is C18H32N2O. The number of nitrogens with zero attached hydrogens (tertiary/aromatic N) is 1. The van der Waals surface area contributed by atoms with Crippen LogP contribution in [0.25, 0.3) is 0 Å². The van der Waals surface area contributed by atoms with E-state index < -0.39 is 0 Å². The molecular weight excluding hydrogens is 260 g/mol. The van der Waals surface area contributed by atoms with Gasteiger partial charge in [0.25, 0.3) is 0 Å². The molecule has 1 heterocycles. The van der Waals surface area contributed by atoms with Crippen LogP contribution in [0.2, 0.25) is 0 Å². The molecule has 1 saturated carbocycles. The van der Waals surface area contributed by atoms with E-state index in [4.69, 9.17) is 4.42 Å². The Morgan fingerprint density at radius 1 is 1.10 bits per heavy atom. The van der Waals surface area contributed by atoms with Gasteiger partial charge in [-0.25, -0.2) is 0 Å². The Morgan fingerprint density at radius 3 is 2.33 bits per heavy atom. The summed E-state index contributed by atoms with van der Waals surface area (Å²) in [5.74, 6) is 2.13. The van der Waals surface area contributed by atoms with Crippen molar-refractivity contribution in [1.82, 2.24) is 10.2 Å². The van der Waals surface area contributed by atoms with Crippen LogP contribution >= 0.6 is 0 Å². The van der Waals surface area contributed by atoms with Gasteiger partial charge in [-0.05, 0) is 52.8 Å². The summed E-state index contributed by atoms with van der Waals surface area (Å²) < 4.78 is 5.97. The van der Waals surface area contributed by atoms with E-state index in [2.05, 4.69) is 50.2 Å². The first-order valence-electron chi connectivity index (χ1n) is 8.47. The summed E-state index contributed by atoms with van der Waals surface area (Å²) in [5.41, 5.74) is 0.129. The Bertz CT molecular complexity index is 411. The van der Waals surface area contributed by atoms with Crippen LogP contribution in [0.4, 0.5) is 0 Å². The highest BCUT2D eigenvalue weighted by Crippen LogP contribution is 2.22. The highest BCUT2D eigenvalue weighted by Gasteiger charge is 2.18. The topological polar surface area (TPSA) is 28.4 Å². The fourth-order valence-corrected chi connectivity index (χ4v) is 3.03. The third kappa shape index (κ3) is 5.84. The molecule has 0 bridgehead atoms. The Balaban J connectivity index is 1.83. The molecule has 1 aromatic rings. The zero-order chi connectivity index (χ0) is 15.3. The zero-order valence-corrected chi connectivity index (χ0v) is 14.2. The number of hydrogen-bond donors (Lipinski definition) is 1. The summed E-state index contributed by atoms with van der Waals surface area (Å²) in [5, 5.41) is 3.47. The molecule has 0 aromatic carbocycles. The lowest BCUT2D eigenvalue weighted by molar-refractivity contribution is 0.196. The van der Waals surface area contributed by atoms with Crippen molar-refractivity contribution in [2.45, 2.75) is 84.0 Å². The van der Waals surface area contributed by atoms with Gasteiger partial charge in [-0.2, -0.15) is 0 Å². The second-order valence-electron chi connectivity index (χ2n) is 7.53. The van der Waals surface area contributed by atoms with Gasteiger partial charge in [0.15, 0.2) is 0 Å². The minimum absolute atomic E-state index is 0.129. The van der Waals surface area contributed by atoms with Crippen molar-refractivity contribution in [1.29, 1.82) is 0 Å². The lowest BCUT2D eigenvalue weighted by Gasteiger charge is -2.26. The van der Waals surface area contributed by atoms with Crippen molar-refractivity contribution < 1.29 is 4.42 Å². The maximum Gasteiger partial charge on any atom is 0.118 e. The number of furan rings is 1. The van der Waals surface area contributed by atoms with Crippen molar-refractivity contribution in [3.8, 4) is 0 Å². The van der Waals surface area contributed by atoms with Crippen LogP contribution in [-0.4, -0.2) is 23.5 Å². The Hall–Kier alpha value is -0.800. The molecule has 120 valence electrons. The fourth-order valence-electron chi connectivity index (χ4n) is 3.03. The molecule has 21 heavy (non-hydrogen) atoms. The highest BCUT2D eigenvalue weighted by atomic mass is 16.3. The van der Waals surface area contributed by atoms with Crippen molar-refractivity contribution in [3.63, 3.8) is 0 Å². The van der Waals surface area contributed by atoms with Gasteiger partial charge in [0.2, 0.25) is 0 Å². The monoisotopic (exact) mass is 292 g/mol. The molecule has 1 aliphatic rings. The molecule has 1 aromatic heterocycles. The third-order valence-electron chi connectivity index (χ3n) is 4.36. The molecule has 1 aliphatic carbocycles. The van der Waals surface area contributed by atoms with Gasteiger partial charge in [0, 0.05) is 11.6 Å². The standard InChI is InChI=1S/C18H32N2O/c1-18(2,3)19-13-16-11-12-17(21-16)14-20(4)15-9-7-5-6-8-10-15/h11-12,15,19H,5-10,13-14H2,1-4H3. The maximum absolute atomic E-state index is 5.97. The Labute approximate surface area is 130 Å².